The number of esters is 1. The fourth-order valence-electron chi connectivity index (χ4n) is 3.78. The number of pyridine rings is 1. The molecule has 0 bridgehead atoms. The van der Waals surface area contributed by atoms with E-state index in [1.807, 2.05) is 55.7 Å². The van der Waals surface area contributed by atoms with E-state index in [9.17, 15) is 4.79 Å². The van der Waals surface area contributed by atoms with Gasteiger partial charge in [-0.3, -0.25) is 4.98 Å². The molecule has 27 heavy (non-hydrogen) atoms. The summed E-state index contributed by atoms with van der Waals surface area (Å²) in [6.45, 7) is 0. The van der Waals surface area contributed by atoms with E-state index in [1.165, 1.54) is 6.08 Å². The minimum atomic E-state index is -0.535. The van der Waals surface area contributed by atoms with Gasteiger partial charge in [-0.1, -0.05) is 55.0 Å². The number of likely N-dealkylation sites (N-methyl/N-ethyl adjacent to an activating group) is 1. The maximum atomic E-state index is 12.5. The number of benzene rings is 1. The van der Waals surface area contributed by atoms with Gasteiger partial charge in [0, 0.05) is 25.5 Å². The third kappa shape index (κ3) is 4.25. The lowest BCUT2D eigenvalue weighted by Gasteiger charge is -2.43. The Balaban J connectivity index is 1.85. The number of nitrogens with zero attached hydrogens (tertiary/aromatic N) is 1. The fourth-order valence-corrected chi connectivity index (χ4v) is 4.13. The Morgan fingerprint density at radius 2 is 2.07 bits per heavy atom. The Morgan fingerprint density at radius 1 is 1.26 bits per heavy atom. The van der Waals surface area contributed by atoms with Gasteiger partial charge in [-0.15, -0.1) is 0 Å². The van der Waals surface area contributed by atoms with Crippen molar-refractivity contribution in [2.24, 2.45) is 0 Å². The number of aromatic nitrogens is 1. The van der Waals surface area contributed by atoms with Crippen molar-refractivity contribution < 1.29 is 9.53 Å². The van der Waals surface area contributed by atoms with E-state index in [4.69, 9.17) is 17.0 Å². The highest BCUT2D eigenvalue weighted by Gasteiger charge is 2.48. The minimum absolute atomic E-state index is 0.316. The van der Waals surface area contributed by atoms with Crippen molar-refractivity contribution in [2.45, 2.75) is 37.2 Å². The number of thiocarbonyl (C=S) groups is 1. The van der Waals surface area contributed by atoms with Gasteiger partial charge in [-0.25, -0.2) is 4.79 Å². The van der Waals surface area contributed by atoms with Gasteiger partial charge in [0.15, 0.2) is 0 Å². The molecule has 1 N–H and O–H groups in total. The van der Waals surface area contributed by atoms with Crippen molar-refractivity contribution in [3.63, 3.8) is 0 Å². The molecule has 0 saturated heterocycles. The first-order chi connectivity index (χ1) is 13.2. The zero-order valence-corrected chi connectivity index (χ0v) is 16.2. The van der Waals surface area contributed by atoms with E-state index in [-0.39, 0.29) is 12.1 Å². The van der Waals surface area contributed by atoms with E-state index in [2.05, 4.69) is 10.3 Å². The molecule has 1 aliphatic carbocycles. The standard InChI is InChI=1S/C22H24N2O2S/c1-23-21(27)22(18-10-7-15-24-16-18)14-6-5-11-19(22)26-20(25)13-12-17-8-3-2-4-9-17/h2-4,7-10,12-13,15-16,19H,5-6,11,14H2,1H3,(H,23,27). The first kappa shape index (κ1) is 19.2. The van der Waals surface area contributed by atoms with Crippen LogP contribution < -0.4 is 5.32 Å². The molecule has 0 radical (unpaired) electrons. The number of hydrogen-bond donors (Lipinski definition) is 1. The predicted molar refractivity (Wildman–Crippen MR) is 111 cm³/mol. The average molecular weight is 381 g/mol. The topological polar surface area (TPSA) is 51.2 Å². The quantitative estimate of drug-likeness (QED) is 0.481. The Labute approximate surface area is 165 Å². The molecule has 0 spiro atoms. The molecular weight excluding hydrogens is 356 g/mol. The molecule has 5 heteroatoms. The van der Waals surface area contributed by atoms with Crippen molar-refractivity contribution in [2.75, 3.05) is 7.05 Å². The highest BCUT2D eigenvalue weighted by Crippen LogP contribution is 2.42. The predicted octanol–water partition coefficient (Wildman–Crippen LogP) is 4.07. The summed E-state index contributed by atoms with van der Waals surface area (Å²) in [5, 5.41) is 3.13. The zero-order chi connectivity index (χ0) is 19.1. The van der Waals surface area contributed by atoms with Crippen LogP contribution >= 0.6 is 12.2 Å². The number of rotatable bonds is 5. The fraction of sp³-hybridized carbons (Fsp3) is 0.318. The van der Waals surface area contributed by atoms with E-state index in [1.54, 1.807) is 12.3 Å². The van der Waals surface area contributed by atoms with Crippen LogP contribution in [0.5, 0.6) is 0 Å². The Kier molecular flexibility index (Phi) is 6.35. The normalized spacial score (nSPS) is 22.3. The summed E-state index contributed by atoms with van der Waals surface area (Å²) in [5.41, 5.74) is 1.42. The third-order valence-electron chi connectivity index (χ3n) is 5.12. The van der Waals surface area contributed by atoms with Gasteiger partial charge < -0.3 is 10.1 Å². The van der Waals surface area contributed by atoms with Crippen LogP contribution in [0.15, 0.2) is 60.9 Å². The number of ether oxygens (including phenoxy) is 1. The van der Waals surface area contributed by atoms with Crippen LogP contribution in [-0.4, -0.2) is 29.1 Å². The molecule has 4 nitrogen and oxygen atoms in total. The smallest absolute Gasteiger partial charge is 0.331 e. The number of hydrogen-bond acceptors (Lipinski definition) is 4. The number of nitrogens with one attached hydrogen (secondary N) is 1. The molecule has 2 unspecified atom stereocenters. The van der Waals surface area contributed by atoms with E-state index >= 15 is 0 Å². The van der Waals surface area contributed by atoms with Crippen LogP contribution in [0.1, 0.15) is 36.8 Å². The molecule has 0 aliphatic heterocycles. The molecule has 3 rings (SSSR count). The van der Waals surface area contributed by atoms with Crippen molar-refractivity contribution in [1.29, 1.82) is 0 Å². The van der Waals surface area contributed by atoms with Crippen molar-refractivity contribution in [1.82, 2.24) is 10.3 Å². The molecule has 1 heterocycles. The van der Waals surface area contributed by atoms with Crippen molar-refractivity contribution >= 4 is 29.3 Å². The first-order valence-corrected chi connectivity index (χ1v) is 9.64. The van der Waals surface area contributed by atoms with E-state index in [0.29, 0.717) is 4.99 Å². The highest BCUT2D eigenvalue weighted by atomic mass is 32.1. The van der Waals surface area contributed by atoms with Gasteiger partial charge in [-0.2, -0.15) is 0 Å². The molecule has 2 aromatic rings. The monoisotopic (exact) mass is 380 g/mol. The summed E-state index contributed by atoms with van der Waals surface area (Å²) in [5.74, 6) is -0.349. The highest BCUT2D eigenvalue weighted by molar-refractivity contribution is 7.80. The lowest BCUT2D eigenvalue weighted by Crippen LogP contribution is -2.53. The van der Waals surface area contributed by atoms with Crippen LogP contribution in [0.2, 0.25) is 0 Å². The maximum absolute atomic E-state index is 12.5. The average Bonchev–Trinajstić information content (AvgIpc) is 2.73. The summed E-state index contributed by atoms with van der Waals surface area (Å²) in [6.07, 6.45) is 10.2. The summed E-state index contributed by atoms with van der Waals surface area (Å²) in [6, 6.07) is 13.6. The Morgan fingerprint density at radius 3 is 2.78 bits per heavy atom. The van der Waals surface area contributed by atoms with E-state index < -0.39 is 5.41 Å². The molecule has 2 atom stereocenters. The lowest BCUT2D eigenvalue weighted by molar-refractivity contribution is -0.146. The molecule has 1 aromatic heterocycles. The van der Waals surface area contributed by atoms with Crippen molar-refractivity contribution in [3.8, 4) is 0 Å². The zero-order valence-electron chi connectivity index (χ0n) is 15.4. The second-order valence-corrected chi connectivity index (χ2v) is 7.12. The van der Waals surface area contributed by atoms with Crippen LogP contribution in [0, 0.1) is 0 Å². The lowest BCUT2D eigenvalue weighted by atomic mass is 9.67. The molecule has 1 saturated carbocycles. The molecule has 0 amide bonds. The van der Waals surface area contributed by atoms with Crippen LogP contribution in [0.25, 0.3) is 6.08 Å². The number of carbonyl (C=O) groups is 1. The third-order valence-corrected chi connectivity index (χ3v) is 5.68. The summed E-state index contributed by atoms with van der Waals surface area (Å²) in [4.78, 5) is 17.5. The van der Waals surface area contributed by atoms with Gasteiger partial charge >= 0.3 is 5.97 Å². The van der Waals surface area contributed by atoms with E-state index in [0.717, 1.165) is 36.8 Å². The van der Waals surface area contributed by atoms with Crippen LogP contribution in [0.3, 0.4) is 0 Å². The van der Waals surface area contributed by atoms with Crippen LogP contribution in [0.4, 0.5) is 0 Å². The largest absolute Gasteiger partial charge is 0.458 e. The Bertz CT molecular complexity index is 808. The van der Waals surface area contributed by atoms with Gasteiger partial charge in [0.05, 0.1) is 10.4 Å². The van der Waals surface area contributed by atoms with Gasteiger partial charge in [-0.05, 0) is 42.5 Å². The number of carbonyl (C=O) groups excluding carboxylic acids is 1. The minimum Gasteiger partial charge on any atom is -0.458 e. The Hall–Kier alpha value is -2.53. The SMILES string of the molecule is CNC(=S)C1(c2cccnc2)CCCCC1OC(=O)C=Cc1ccccc1. The molecule has 1 aromatic carbocycles. The van der Waals surface area contributed by atoms with Gasteiger partial charge in [0.2, 0.25) is 0 Å². The van der Waals surface area contributed by atoms with Gasteiger partial charge in [0.1, 0.15) is 6.10 Å². The molecular formula is C22H24N2O2S. The summed E-state index contributed by atoms with van der Waals surface area (Å²) < 4.78 is 5.93. The van der Waals surface area contributed by atoms with Gasteiger partial charge in [0.25, 0.3) is 0 Å². The first-order valence-electron chi connectivity index (χ1n) is 9.23. The summed E-state index contributed by atoms with van der Waals surface area (Å²) >= 11 is 5.69. The maximum Gasteiger partial charge on any atom is 0.331 e. The molecule has 140 valence electrons. The summed E-state index contributed by atoms with van der Waals surface area (Å²) in [7, 11) is 1.82. The van der Waals surface area contributed by atoms with Crippen LogP contribution in [-0.2, 0) is 14.9 Å². The molecule has 1 aliphatic rings. The van der Waals surface area contributed by atoms with Crippen molar-refractivity contribution in [3.05, 3.63) is 72.1 Å². The second kappa shape index (κ2) is 8.91. The second-order valence-electron chi connectivity index (χ2n) is 6.71. The molecule has 1 fully saturated rings.